The second-order valence-corrected chi connectivity index (χ2v) is 7.51. The average Bonchev–Trinajstić information content (AvgIpc) is 2.61. The normalized spacial score (nSPS) is 11.4. The Morgan fingerprint density at radius 1 is 0.778 bits per heavy atom. The van der Waals surface area contributed by atoms with E-state index in [-0.39, 0.29) is 16.5 Å². The first-order chi connectivity index (χ1) is 12.8. The lowest BCUT2D eigenvalue weighted by molar-refractivity contribution is 0.483. The maximum Gasteiger partial charge on any atom is 0.294 e. The van der Waals surface area contributed by atoms with E-state index in [0.29, 0.717) is 29.9 Å². The molecule has 3 rings (SSSR count). The molecule has 0 aliphatic rings. The van der Waals surface area contributed by atoms with Crippen LogP contribution >= 0.6 is 0 Å². The van der Waals surface area contributed by atoms with Gasteiger partial charge in [-0.05, 0) is 59.7 Å². The van der Waals surface area contributed by atoms with Crippen LogP contribution in [0, 0.1) is 11.6 Å². The predicted molar refractivity (Wildman–Crippen MR) is 98.9 cm³/mol. The van der Waals surface area contributed by atoms with E-state index in [2.05, 4.69) is 0 Å². The van der Waals surface area contributed by atoms with Crippen molar-refractivity contribution in [2.75, 3.05) is 4.90 Å². The first kappa shape index (κ1) is 19.0. The average molecular weight is 389 g/mol. The summed E-state index contributed by atoms with van der Waals surface area (Å²) in [6.45, 7) is 0.666. The molecule has 1 N–H and O–H groups in total. The van der Waals surface area contributed by atoms with Crippen LogP contribution in [0.4, 0.5) is 14.5 Å². The Labute approximate surface area is 156 Å². The van der Waals surface area contributed by atoms with Gasteiger partial charge in [0.25, 0.3) is 10.1 Å². The third kappa shape index (κ3) is 5.12. The van der Waals surface area contributed by atoms with Crippen LogP contribution in [-0.2, 0) is 23.2 Å². The Morgan fingerprint density at radius 3 is 1.67 bits per heavy atom. The molecule has 27 heavy (non-hydrogen) atoms. The van der Waals surface area contributed by atoms with E-state index in [1.807, 2.05) is 4.90 Å². The van der Waals surface area contributed by atoms with Gasteiger partial charge in [0.05, 0.1) is 4.90 Å². The van der Waals surface area contributed by atoms with E-state index in [4.69, 9.17) is 4.55 Å². The molecule has 0 spiro atoms. The predicted octanol–water partition coefficient (Wildman–Crippen LogP) is 4.42. The highest BCUT2D eigenvalue weighted by Crippen LogP contribution is 2.23. The van der Waals surface area contributed by atoms with Crippen molar-refractivity contribution in [3.05, 3.63) is 95.6 Å². The molecule has 0 saturated heterocycles. The van der Waals surface area contributed by atoms with Crippen molar-refractivity contribution in [2.24, 2.45) is 0 Å². The molecule has 0 bridgehead atoms. The van der Waals surface area contributed by atoms with E-state index in [0.717, 1.165) is 0 Å². The maximum atomic E-state index is 13.5. The fourth-order valence-corrected chi connectivity index (χ4v) is 3.26. The first-order valence-electron chi connectivity index (χ1n) is 8.13. The molecule has 0 unspecified atom stereocenters. The van der Waals surface area contributed by atoms with Crippen molar-refractivity contribution in [1.29, 1.82) is 0 Å². The molecule has 0 atom stereocenters. The minimum absolute atomic E-state index is 0.220. The maximum absolute atomic E-state index is 13.5. The Bertz CT molecular complexity index is 990. The minimum atomic E-state index is -4.29. The minimum Gasteiger partial charge on any atom is -0.363 e. The van der Waals surface area contributed by atoms with E-state index in [1.54, 1.807) is 36.4 Å². The summed E-state index contributed by atoms with van der Waals surface area (Å²) in [6.07, 6.45) is 0. The second kappa shape index (κ2) is 7.85. The summed E-state index contributed by atoms with van der Waals surface area (Å²) in [5, 5.41) is 0. The molecule has 0 amide bonds. The molecule has 0 fully saturated rings. The Balaban J connectivity index is 1.93. The van der Waals surface area contributed by atoms with E-state index < -0.39 is 10.1 Å². The van der Waals surface area contributed by atoms with Gasteiger partial charge in [-0.1, -0.05) is 24.3 Å². The van der Waals surface area contributed by atoms with Crippen LogP contribution < -0.4 is 4.90 Å². The van der Waals surface area contributed by atoms with Crippen molar-refractivity contribution in [3.63, 3.8) is 0 Å². The van der Waals surface area contributed by atoms with Gasteiger partial charge in [0.1, 0.15) is 11.6 Å². The van der Waals surface area contributed by atoms with E-state index in [9.17, 15) is 17.2 Å². The molecule has 140 valence electrons. The number of anilines is 1. The summed E-state index contributed by atoms with van der Waals surface area (Å²) in [5.41, 5.74) is 2.08. The zero-order valence-electron chi connectivity index (χ0n) is 14.2. The van der Waals surface area contributed by atoms with E-state index in [1.165, 1.54) is 36.4 Å². The number of nitrogens with zero attached hydrogens (tertiary/aromatic N) is 1. The molecule has 0 aliphatic heterocycles. The summed E-state index contributed by atoms with van der Waals surface area (Å²) in [7, 11) is -4.29. The smallest absolute Gasteiger partial charge is 0.294 e. The highest BCUT2D eigenvalue weighted by Gasteiger charge is 2.13. The summed E-state index contributed by atoms with van der Waals surface area (Å²) >= 11 is 0. The molecule has 4 nitrogen and oxygen atoms in total. The van der Waals surface area contributed by atoms with Crippen LogP contribution in [0.1, 0.15) is 11.1 Å². The van der Waals surface area contributed by atoms with Crippen molar-refractivity contribution in [1.82, 2.24) is 0 Å². The Morgan fingerprint density at radius 2 is 1.26 bits per heavy atom. The quantitative estimate of drug-likeness (QED) is 0.634. The van der Waals surface area contributed by atoms with Crippen molar-refractivity contribution in [3.8, 4) is 0 Å². The number of rotatable bonds is 6. The lowest BCUT2D eigenvalue weighted by Crippen LogP contribution is -2.22. The van der Waals surface area contributed by atoms with Gasteiger partial charge in [-0.2, -0.15) is 8.42 Å². The third-order valence-electron chi connectivity index (χ3n) is 4.02. The number of hydrogen-bond acceptors (Lipinski definition) is 3. The molecule has 3 aromatic carbocycles. The van der Waals surface area contributed by atoms with Gasteiger partial charge in [-0.15, -0.1) is 0 Å². The number of hydrogen-bond donors (Lipinski definition) is 1. The van der Waals surface area contributed by atoms with Crippen LogP contribution in [-0.4, -0.2) is 13.0 Å². The molecule has 7 heteroatoms. The molecule has 0 aliphatic carbocycles. The Kier molecular flexibility index (Phi) is 5.53. The van der Waals surface area contributed by atoms with Crippen LogP contribution in [0.15, 0.2) is 77.7 Å². The van der Waals surface area contributed by atoms with Crippen LogP contribution in [0.2, 0.25) is 0 Å². The van der Waals surface area contributed by atoms with Gasteiger partial charge in [-0.25, -0.2) is 8.78 Å². The van der Waals surface area contributed by atoms with Crippen molar-refractivity contribution >= 4 is 15.8 Å². The highest BCUT2D eigenvalue weighted by atomic mass is 32.2. The van der Waals surface area contributed by atoms with Gasteiger partial charge >= 0.3 is 0 Å². The monoisotopic (exact) mass is 389 g/mol. The Hall–Kier alpha value is -2.77. The lowest BCUT2D eigenvalue weighted by Gasteiger charge is -2.25. The fourth-order valence-electron chi connectivity index (χ4n) is 2.78. The van der Waals surface area contributed by atoms with Gasteiger partial charge in [0, 0.05) is 18.8 Å². The van der Waals surface area contributed by atoms with Crippen molar-refractivity contribution < 1.29 is 21.8 Å². The summed E-state index contributed by atoms with van der Waals surface area (Å²) < 4.78 is 58.6. The SMILES string of the molecule is O=S(=O)(O)c1ccc(N(Cc2cccc(F)c2)Cc2cccc(F)c2)cc1. The highest BCUT2D eigenvalue weighted by molar-refractivity contribution is 7.85. The molecule has 0 heterocycles. The van der Waals surface area contributed by atoms with Crippen LogP contribution in [0.25, 0.3) is 0 Å². The zero-order valence-corrected chi connectivity index (χ0v) is 15.0. The second-order valence-electron chi connectivity index (χ2n) is 6.08. The molecular weight excluding hydrogens is 372 g/mol. The molecular formula is C20H17F2NO3S. The molecule has 3 aromatic rings. The first-order valence-corrected chi connectivity index (χ1v) is 9.57. The molecule has 0 aromatic heterocycles. The summed E-state index contributed by atoms with van der Waals surface area (Å²) in [6, 6.07) is 17.9. The van der Waals surface area contributed by atoms with Gasteiger partial charge in [-0.3, -0.25) is 4.55 Å². The summed E-state index contributed by atoms with van der Waals surface area (Å²) in [4.78, 5) is 1.64. The standard InChI is InChI=1S/C20H17F2NO3S/c21-17-5-1-3-15(11-17)13-23(14-16-4-2-6-18(22)12-16)19-7-9-20(10-8-19)27(24,25)26/h1-12H,13-14H2,(H,24,25,26). The topological polar surface area (TPSA) is 57.6 Å². The van der Waals surface area contributed by atoms with Crippen LogP contribution in [0.5, 0.6) is 0 Å². The number of halogens is 2. The molecule has 0 radical (unpaired) electrons. The molecule has 0 saturated carbocycles. The zero-order chi connectivity index (χ0) is 19.4. The largest absolute Gasteiger partial charge is 0.363 e. The van der Waals surface area contributed by atoms with Gasteiger partial charge < -0.3 is 4.90 Å². The van der Waals surface area contributed by atoms with Crippen molar-refractivity contribution in [2.45, 2.75) is 18.0 Å². The number of benzene rings is 3. The fraction of sp³-hybridized carbons (Fsp3) is 0.100. The van der Waals surface area contributed by atoms with E-state index >= 15 is 0 Å². The lowest BCUT2D eigenvalue weighted by atomic mass is 10.1. The van der Waals surface area contributed by atoms with Gasteiger partial charge in [0.15, 0.2) is 0 Å². The summed E-state index contributed by atoms with van der Waals surface area (Å²) in [5.74, 6) is -0.722. The van der Waals surface area contributed by atoms with Gasteiger partial charge in [0.2, 0.25) is 0 Å². The van der Waals surface area contributed by atoms with Crippen LogP contribution in [0.3, 0.4) is 0 Å². The third-order valence-corrected chi connectivity index (χ3v) is 4.89.